The molecular weight excluding hydrogens is 514 g/mol. The molecule has 0 atom stereocenters. The van der Waals surface area contributed by atoms with Crippen molar-refractivity contribution in [2.75, 3.05) is 19.0 Å². The molecule has 0 saturated heterocycles. The number of halogens is 1. The van der Waals surface area contributed by atoms with Crippen molar-refractivity contribution in [3.05, 3.63) is 76.4 Å². The lowest BCUT2D eigenvalue weighted by Gasteiger charge is -2.11. The average molecular weight is 536 g/mol. The van der Waals surface area contributed by atoms with E-state index >= 15 is 0 Å². The molecule has 0 radical (unpaired) electrons. The van der Waals surface area contributed by atoms with E-state index in [-0.39, 0.29) is 12.5 Å². The molecule has 4 aromatic rings. The Hall–Kier alpha value is -3.99. The number of pyridine rings is 2. The standard InChI is InChI=1S/C24H22BrN7O3/c1-34-24-16(9-17(25)12-29-24)11-28-23(33)15-3-2-4-18(10-15)27-14-21-30-31-22-19-5-6-26-13-20(19)35-8-7-32(21)22/h2-6,9-10,12-13,27H,7-8,11,14H2,1H3,(H,28,33). The minimum absolute atomic E-state index is 0.200. The smallest absolute Gasteiger partial charge is 0.251 e. The molecule has 1 aliphatic rings. The Morgan fingerprint density at radius 1 is 1.20 bits per heavy atom. The van der Waals surface area contributed by atoms with Gasteiger partial charge in [0.1, 0.15) is 12.4 Å². The minimum atomic E-state index is -0.200. The van der Waals surface area contributed by atoms with Gasteiger partial charge in [-0.15, -0.1) is 10.2 Å². The third-order valence-electron chi connectivity index (χ3n) is 5.53. The number of ether oxygens (including phenoxy) is 2. The van der Waals surface area contributed by atoms with Gasteiger partial charge in [-0.2, -0.15) is 0 Å². The summed E-state index contributed by atoms with van der Waals surface area (Å²) in [7, 11) is 1.55. The molecule has 2 N–H and O–H groups in total. The molecule has 4 heterocycles. The highest BCUT2D eigenvalue weighted by molar-refractivity contribution is 9.10. The van der Waals surface area contributed by atoms with Crippen LogP contribution in [-0.2, 0) is 19.6 Å². The summed E-state index contributed by atoms with van der Waals surface area (Å²) in [5.41, 5.74) is 2.98. The van der Waals surface area contributed by atoms with E-state index in [1.54, 1.807) is 37.8 Å². The van der Waals surface area contributed by atoms with Gasteiger partial charge in [0.2, 0.25) is 5.88 Å². The van der Waals surface area contributed by atoms with E-state index in [1.165, 1.54) is 0 Å². The first kappa shape index (κ1) is 22.8. The highest BCUT2D eigenvalue weighted by atomic mass is 79.9. The van der Waals surface area contributed by atoms with E-state index in [1.807, 2.05) is 28.8 Å². The van der Waals surface area contributed by atoms with Crippen molar-refractivity contribution in [3.8, 4) is 23.0 Å². The number of amides is 1. The van der Waals surface area contributed by atoms with Crippen LogP contribution in [0.5, 0.6) is 11.6 Å². The van der Waals surface area contributed by atoms with Crippen LogP contribution >= 0.6 is 15.9 Å². The second kappa shape index (κ2) is 10.1. The molecule has 11 heteroatoms. The molecule has 0 unspecified atom stereocenters. The number of nitrogens with zero attached hydrogens (tertiary/aromatic N) is 5. The Kier molecular flexibility index (Phi) is 6.57. The van der Waals surface area contributed by atoms with Crippen LogP contribution in [0.3, 0.4) is 0 Å². The van der Waals surface area contributed by atoms with Crippen molar-refractivity contribution in [2.45, 2.75) is 19.6 Å². The fourth-order valence-electron chi connectivity index (χ4n) is 3.84. The molecule has 1 aromatic carbocycles. The van der Waals surface area contributed by atoms with Crippen LogP contribution < -0.4 is 20.1 Å². The molecule has 0 aliphatic carbocycles. The first-order valence-electron chi connectivity index (χ1n) is 10.9. The van der Waals surface area contributed by atoms with Crippen LogP contribution in [0.25, 0.3) is 11.4 Å². The maximum atomic E-state index is 12.8. The first-order chi connectivity index (χ1) is 17.1. The van der Waals surface area contributed by atoms with Gasteiger partial charge in [0, 0.05) is 40.2 Å². The van der Waals surface area contributed by atoms with Gasteiger partial charge >= 0.3 is 0 Å². The zero-order valence-corrected chi connectivity index (χ0v) is 20.4. The van der Waals surface area contributed by atoms with Crippen LogP contribution in [0.4, 0.5) is 5.69 Å². The molecule has 3 aromatic heterocycles. The van der Waals surface area contributed by atoms with E-state index in [4.69, 9.17) is 9.47 Å². The number of anilines is 1. The van der Waals surface area contributed by atoms with Crippen molar-refractivity contribution in [2.24, 2.45) is 0 Å². The molecule has 35 heavy (non-hydrogen) atoms. The zero-order chi connectivity index (χ0) is 24.2. The molecule has 10 nitrogen and oxygen atoms in total. The third-order valence-corrected chi connectivity index (χ3v) is 5.96. The summed E-state index contributed by atoms with van der Waals surface area (Å²) < 4.78 is 13.9. The van der Waals surface area contributed by atoms with Gasteiger partial charge in [-0.25, -0.2) is 4.98 Å². The number of benzene rings is 1. The van der Waals surface area contributed by atoms with Gasteiger partial charge in [-0.1, -0.05) is 6.07 Å². The number of hydrogen-bond donors (Lipinski definition) is 2. The van der Waals surface area contributed by atoms with E-state index < -0.39 is 0 Å². The summed E-state index contributed by atoms with van der Waals surface area (Å²) >= 11 is 3.40. The lowest BCUT2D eigenvalue weighted by atomic mass is 10.1. The fraction of sp³-hybridized carbons (Fsp3) is 0.208. The maximum absolute atomic E-state index is 12.8. The molecule has 0 saturated carbocycles. The number of carbonyl (C=O) groups excluding carboxylic acids is 1. The number of methoxy groups -OCH3 is 1. The van der Waals surface area contributed by atoms with Gasteiger partial charge < -0.3 is 24.7 Å². The largest absolute Gasteiger partial charge is 0.489 e. The van der Waals surface area contributed by atoms with Crippen LogP contribution in [0, 0.1) is 0 Å². The Morgan fingerprint density at radius 3 is 3.00 bits per heavy atom. The predicted octanol–water partition coefficient (Wildman–Crippen LogP) is 3.44. The number of nitrogens with one attached hydrogen (secondary N) is 2. The molecular formula is C24H22BrN7O3. The SMILES string of the molecule is COc1ncc(Br)cc1CNC(=O)c1cccc(NCc2nnc3n2CCOc2cnccc2-3)c1. The van der Waals surface area contributed by atoms with Crippen LogP contribution in [0.15, 0.2) is 59.5 Å². The van der Waals surface area contributed by atoms with Crippen molar-refractivity contribution in [1.82, 2.24) is 30.0 Å². The summed E-state index contributed by atoms with van der Waals surface area (Å²) in [6.07, 6.45) is 5.05. The lowest BCUT2D eigenvalue weighted by molar-refractivity contribution is 0.0950. The Morgan fingerprint density at radius 2 is 2.11 bits per heavy atom. The summed E-state index contributed by atoms with van der Waals surface area (Å²) in [6, 6.07) is 11.0. The second-order valence-electron chi connectivity index (χ2n) is 7.75. The summed E-state index contributed by atoms with van der Waals surface area (Å²) in [4.78, 5) is 21.1. The Balaban J connectivity index is 1.26. The average Bonchev–Trinajstić information content (AvgIpc) is 3.19. The van der Waals surface area contributed by atoms with E-state index in [0.717, 1.165) is 32.9 Å². The summed E-state index contributed by atoms with van der Waals surface area (Å²) in [5.74, 6) is 2.50. The topological polar surface area (TPSA) is 116 Å². The van der Waals surface area contributed by atoms with Gasteiger partial charge in [0.15, 0.2) is 11.6 Å². The maximum Gasteiger partial charge on any atom is 0.251 e. The van der Waals surface area contributed by atoms with E-state index in [2.05, 4.69) is 46.7 Å². The van der Waals surface area contributed by atoms with Crippen molar-refractivity contribution in [3.63, 3.8) is 0 Å². The number of fused-ring (bicyclic) bond motifs is 3. The van der Waals surface area contributed by atoms with Gasteiger partial charge in [0.25, 0.3) is 5.91 Å². The van der Waals surface area contributed by atoms with Gasteiger partial charge in [-0.3, -0.25) is 9.78 Å². The monoisotopic (exact) mass is 535 g/mol. The molecule has 0 spiro atoms. The second-order valence-corrected chi connectivity index (χ2v) is 8.67. The fourth-order valence-corrected chi connectivity index (χ4v) is 4.21. The van der Waals surface area contributed by atoms with Crippen molar-refractivity contribution < 1.29 is 14.3 Å². The minimum Gasteiger partial charge on any atom is -0.489 e. The van der Waals surface area contributed by atoms with Gasteiger partial charge in [-0.05, 0) is 46.3 Å². The molecule has 0 fully saturated rings. The highest BCUT2D eigenvalue weighted by Crippen LogP contribution is 2.30. The number of aromatic nitrogens is 5. The Bertz CT molecular complexity index is 1370. The highest BCUT2D eigenvalue weighted by Gasteiger charge is 2.20. The number of rotatable bonds is 7. The van der Waals surface area contributed by atoms with Gasteiger partial charge in [0.05, 0.1) is 32.0 Å². The number of hydrogen-bond acceptors (Lipinski definition) is 8. The summed E-state index contributed by atoms with van der Waals surface area (Å²) in [6.45, 7) is 1.87. The van der Waals surface area contributed by atoms with Crippen molar-refractivity contribution >= 4 is 27.5 Å². The van der Waals surface area contributed by atoms with Crippen molar-refractivity contribution in [1.29, 1.82) is 0 Å². The third kappa shape index (κ3) is 4.94. The lowest BCUT2D eigenvalue weighted by Crippen LogP contribution is -2.23. The molecule has 178 valence electrons. The van der Waals surface area contributed by atoms with Crippen LogP contribution in [-0.4, -0.2) is 44.4 Å². The molecule has 5 rings (SSSR count). The van der Waals surface area contributed by atoms with Crippen LogP contribution in [0.1, 0.15) is 21.7 Å². The predicted molar refractivity (Wildman–Crippen MR) is 132 cm³/mol. The first-order valence-corrected chi connectivity index (χ1v) is 11.7. The normalized spacial score (nSPS) is 12.1. The zero-order valence-electron chi connectivity index (χ0n) is 18.9. The molecule has 1 aliphatic heterocycles. The van der Waals surface area contributed by atoms with E-state index in [9.17, 15) is 4.79 Å². The quantitative estimate of drug-likeness (QED) is 0.369. The van der Waals surface area contributed by atoms with Crippen LogP contribution in [0.2, 0.25) is 0 Å². The van der Waals surface area contributed by atoms with E-state index in [0.29, 0.717) is 36.9 Å². The summed E-state index contributed by atoms with van der Waals surface area (Å²) in [5, 5.41) is 15.0. The Labute approximate surface area is 209 Å². The molecule has 0 bridgehead atoms. The molecule has 1 amide bonds. The number of carbonyl (C=O) groups is 1.